The van der Waals surface area contributed by atoms with Gasteiger partial charge >= 0.3 is 5.97 Å². The molecule has 1 atom stereocenters. The van der Waals surface area contributed by atoms with Crippen molar-refractivity contribution >= 4 is 23.3 Å². The Morgan fingerprint density at radius 2 is 1.68 bits per heavy atom. The molecule has 0 aliphatic heterocycles. The van der Waals surface area contributed by atoms with E-state index in [1.165, 1.54) is 44.6 Å². The van der Waals surface area contributed by atoms with Crippen LogP contribution in [0.15, 0.2) is 48.0 Å². The van der Waals surface area contributed by atoms with Gasteiger partial charge in [-0.2, -0.15) is 0 Å². The summed E-state index contributed by atoms with van der Waals surface area (Å²) in [6.45, 7) is 0. The minimum absolute atomic E-state index is 0.105. The van der Waals surface area contributed by atoms with Crippen LogP contribution in [0.1, 0.15) is 33.8 Å². The van der Waals surface area contributed by atoms with Crippen molar-refractivity contribution in [3.8, 4) is 11.5 Å². The van der Waals surface area contributed by atoms with E-state index in [-0.39, 0.29) is 40.4 Å². The lowest BCUT2D eigenvalue weighted by atomic mass is 9.78. The molecular formula is C21H18O7. The lowest BCUT2D eigenvalue weighted by Gasteiger charge is -2.24. The molecule has 0 saturated carbocycles. The highest BCUT2D eigenvalue weighted by Crippen LogP contribution is 2.40. The standard InChI is InChI=1S/C21H18O7/c1-27-16-9-11(7-8-15(16)22)14(10-17(23)28-2)18-19(24)12-5-3-4-6-13(12)20(25)21(18)26/h3-9,14,22,24H,10H2,1-2H3/t14-/m1/s1. The van der Waals surface area contributed by atoms with E-state index in [0.717, 1.165) is 0 Å². The summed E-state index contributed by atoms with van der Waals surface area (Å²) in [7, 11) is 2.56. The number of carbonyl (C=O) groups is 3. The second-order valence-electron chi connectivity index (χ2n) is 6.23. The number of phenolic OH excluding ortho intramolecular Hbond substituents is 1. The molecule has 0 spiro atoms. The molecule has 2 aromatic carbocycles. The third-order valence-electron chi connectivity index (χ3n) is 4.69. The zero-order valence-corrected chi connectivity index (χ0v) is 15.3. The first-order valence-corrected chi connectivity index (χ1v) is 8.44. The number of aliphatic hydroxyl groups is 1. The molecule has 0 bridgehead atoms. The molecule has 0 heterocycles. The van der Waals surface area contributed by atoms with Gasteiger partial charge in [-0.05, 0) is 17.7 Å². The summed E-state index contributed by atoms with van der Waals surface area (Å²) in [4.78, 5) is 37.4. The molecule has 1 aliphatic carbocycles. The lowest BCUT2D eigenvalue weighted by molar-refractivity contribution is -0.140. The summed E-state index contributed by atoms with van der Waals surface area (Å²) in [6.07, 6.45) is -0.287. The van der Waals surface area contributed by atoms with Gasteiger partial charge in [0.25, 0.3) is 0 Å². The highest BCUT2D eigenvalue weighted by Gasteiger charge is 2.38. The monoisotopic (exact) mass is 382 g/mol. The molecule has 0 saturated heterocycles. The molecule has 2 aromatic rings. The Morgan fingerprint density at radius 3 is 2.32 bits per heavy atom. The van der Waals surface area contributed by atoms with Crippen molar-refractivity contribution in [2.45, 2.75) is 12.3 Å². The van der Waals surface area contributed by atoms with Crippen LogP contribution in [-0.4, -0.2) is 42.0 Å². The van der Waals surface area contributed by atoms with Crippen molar-refractivity contribution in [1.29, 1.82) is 0 Å². The Morgan fingerprint density at radius 1 is 1.00 bits per heavy atom. The third kappa shape index (κ3) is 3.22. The fourth-order valence-corrected chi connectivity index (χ4v) is 3.26. The van der Waals surface area contributed by atoms with Gasteiger partial charge < -0.3 is 19.7 Å². The highest BCUT2D eigenvalue weighted by atomic mass is 16.5. The molecule has 1 aliphatic rings. The molecule has 0 aromatic heterocycles. The molecule has 0 amide bonds. The second kappa shape index (κ2) is 7.56. The Labute approximate surface area is 160 Å². The topological polar surface area (TPSA) is 110 Å². The van der Waals surface area contributed by atoms with Crippen molar-refractivity contribution in [3.05, 3.63) is 64.7 Å². The fourth-order valence-electron chi connectivity index (χ4n) is 3.26. The minimum atomic E-state index is -0.966. The first-order chi connectivity index (χ1) is 13.4. The maximum absolute atomic E-state index is 12.8. The van der Waals surface area contributed by atoms with Crippen LogP contribution in [0.25, 0.3) is 5.76 Å². The van der Waals surface area contributed by atoms with Crippen molar-refractivity contribution < 1.29 is 34.1 Å². The largest absolute Gasteiger partial charge is 0.507 e. The summed E-state index contributed by atoms with van der Waals surface area (Å²) in [5.74, 6) is -3.61. The van der Waals surface area contributed by atoms with Crippen LogP contribution in [0.5, 0.6) is 11.5 Å². The molecule has 7 heteroatoms. The average molecular weight is 382 g/mol. The minimum Gasteiger partial charge on any atom is -0.507 e. The molecule has 0 fully saturated rings. The lowest BCUT2D eigenvalue weighted by Crippen LogP contribution is -2.28. The highest BCUT2D eigenvalue weighted by molar-refractivity contribution is 6.52. The Balaban J connectivity index is 2.22. The molecule has 28 heavy (non-hydrogen) atoms. The number of aliphatic hydroxyl groups excluding tert-OH is 1. The van der Waals surface area contributed by atoms with Crippen LogP contribution < -0.4 is 4.74 Å². The molecule has 2 N–H and O–H groups in total. The smallest absolute Gasteiger partial charge is 0.306 e. The third-order valence-corrected chi connectivity index (χ3v) is 4.69. The number of fused-ring (bicyclic) bond motifs is 1. The first-order valence-electron chi connectivity index (χ1n) is 8.44. The van der Waals surface area contributed by atoms with Gasteiger partial charge in [-0.25, -0.2) is 0 Å². The van der Waals surface area contributed by atoms with Gasteiger partial charge in [0.05, 0.1) is 26.2 Å². The first kappa shape index (κ1) is 19.2. The van der Waals surface area contributed by atoms with E-state index in [1.54, 1.807) is 12.1 Å². The molecule has 3 rings (SSSR count). The summed E-state index contributed by atoms with van der Waals surface area (Å²) in [5, 5.41) is 20.6. The number of methoxy groups -OCH3 is 2. The van der Waals surface area contributed by atoms with Crippen LogP contribution >= 0.6 is 0 Å². The number of Topliss-reactive ketones (excluding diaryl/α,β-unsaturated/α-hetero) is 2. The molecule has 0 radical (unpaired) electrons. The van der Waals surface area contributed by atoms with E-state index in [2.05, 4.69) is 0 Å². The van der Waals surface area contributed by atoms with Crippen LogP contribution in [0, 0.1) is 0 Å². The molecular weight excluding hydrogens is 364 g/mol. The number of carbonyl (C=O) groups excluding carboxylic acids is 3. The molecule has 7 nitrogen and oxygen atoms in total. The summed E-state index contributed by atoms with van der Waals surface area (Å²) in [5.41, 5.74) is 0.542. The zero-order chi connectivity index (χ0) is 20.4. The zero-order valence-electron chi connectivity index (χ0n) is 15.3. The number of phenols is 1. The maximum atomic E-state index is 12.8. The average Bonchev–Trinajstić information content (AvgIpc) is 2.71. The van der Waals surface area contributed by atoms with Gasteiger partial charge in [-0.1, -0.05) is 30.3 Å². The second-order valence-corrected chi connectivity index (χ2v) is 6.23. The van der Waals surface area contributed by atoms with E-state index < -0.39 is 23.5 Å². The molecule has 144 valence electrons. The van der Waals surface area contributed by atoms with Gasteiger partial charge in [-0.15, -0.1) is 0 Å². The Hall–Kier alpha value is -3.61. The van der Waals surface area contributed by atoms with Crippen LogP contribution in [0.3, 0.4) is 0 Å². The van der Waals surface area contributed by atoms with E-state index in [4.69, 9.17) is 9.47 Å². The number of aromatic hydroxyl groups is 1. The number of hydrogen-bond donors (Lipinski definition) is 2. The van der Waals surface area contributed by atoms with Crippen molar-refractivity contribution in [3.63, 3.8) is 0 Å². The van der Waals surface area contributed by atoms with Crippen molar-refractivity contribution in [2.24, 2.45) is 0 Å². The summed E-state index contributed by atoms with van der Waals surface area (Å²) >= 11 is 0. The van der Waals surface area contributed by atoms with Crippen LogP contribution in [-0.2, 0) is 14.3 Å². The van der Waals surface area contributed by atoms with Gasteiger partial charge in [0.15, 0.2) is 11.5 Å². The predicted molar refractivity (Wildman–Crippen MR) is 99.4 cm³/mol. The Bertz CT molecular complexity index is 1000. The number of ether oxygens (including phenoxy) is 2. The summed E-state index contributed by atoms with van der Waals surface area (Å²) < 4.78 is 9.81. The Kier molecular flexibility index (Phi) is 5.17. The summed E-state index contributed by atoms with van der Waals surface area (Å²) in [6, 6.07) is 10.5. The number of benzene rings is 2. The quantitative estimate of drug-likeness (QED) is 0.604. The van der Waals surface area contributed by atoms with Crippen molar-refractivity contribution in [2.75, 3.05) is 14.2 Å². The number of ketones is 2. The normalized spacial score (nSPS) is 14.5. The van der Waals surface area contributed by atoms with Gasteiger partial charge in [0.2, 0.25) is 11.6 Å². The fraction of sp³-hybridized carbons (Fsp3) is 0.190. The van der Waals surface area contributed by atoms with Crippen molar-refractivity contribution in [1.82, 2.24) is 0 Å². The number of rotatable bonds is 5. The van der Waals surface area contributed by atoms with Crippen LogP contribution in [0.2, 0.25) is 0 Å². The molecule has 0 unspecified atom stereocenters. The van der Waals surface area contributed by atoms with E-state index in [1.807, 2.05) is 0 Å². The van der Waals surface area contributed by atoms with Gasteiger partial charge in [0.1, 0.15) is 5.76 Å². The van der Waals surface area contributed by atoms with Gasteiger partial charge in [0, 0.05) is 17.0 Å². The van der Waals surface area contributed by atoms with E-state index in [9.17, 15) is 24.6 Å². The van der Waals surface area contributed by atoms with E-state index >= 15 is 0 Å². The predicted octanol–water partition coefficient (Wildman–Crippen LogP) is 2.78. The SMILES string of the molecule is COC(=O)C[C@@H](C1=C(O)c2ccccc2C(=O)C1=O)c1ccc(O)c(OC)c1. The number of esters is 1. The van der Waals surface area contributed by atoms with Crippen LogP contribution in [0.4, 0.5) is 0 Å². The van der Waals surface area contributed by atoms with E-state index in [0.29, 0.717) is 5.56 Å². The number of allylic oxidation sites excluding steroid dienone is 1. The van der Waals surface area contributed by atoms with Gasteiger partial charge in [-0.3, -0.25) is 14.4 Å². The maximum Gasteiger partial charge on any atom is 0.306 e. The number of hydrogen-bond acceptors (Lipinski definition) is 7.